The van der Waals surface area contributed by atoms with Gasteiger partial charge in [-0.05, 0) is 17.7 Å². The normalized spacial score (nSPS) is 16.8. The zero-order chi connectivity index (χ0) is 20.2. The van der Waals surface area contributed by atoms with Crippen molar-refractivity contribution in [1.82, 2.24) is 14.9 Å². The van der Waals surface area contributed by atoms with Gasteiger partial charge in [0.1, 0.15) is 6.10 Å². The van der Waals surface area contributed by atoms with E-state index in [1.54, 1.807) is 30.7 Å². The average Bonchev–Trinajstić information content (AvgIpc) is 2.77. The van der Waals surface area contributed by atoms with Crippen LogP contribution in [0.1, 0.15) is 23.3 Å². The van der Waals surface area contributed by atoms with Crippen molar-refractivity contribution < 1.29 is 9.84 Å². The van der Waals surface area contributed by atoms with E-state index in [1.807, 2.05) is 18.2 Å². The van der Waals surface area contributed by atoms with E-state index in [2.05, 4.69) is 27.0 Å². The minimum absolute atomic E-state index is 0.308. The molecule has 1 aromatic carbocycles. The Balaban J connectivity index is 1.79. The van der Waals surface area contributed by atoms with Crippen LogP contribution in [0.2, 0.25) is 10.0 Å². The number of halogens is 2. The maximum Gasteiger partial charge on any atom is 0.101 e. The molecule has 0 bridgehead atoms. The van der Waals surface area contributed by atoms with Gasteiger partial charge >= 0.3 is 0 Å². The lowest BCUT2D eigenvalue weighted by atomic mass is 9.92. The summed E-state index contributed by atoms with van der Waals surface area (Å²) in [7, 11) is 0. The standard InChI is InChI=1S/C22H19Cl2N3O2/c23-18-7-1-5-16(19(18)24)20-17(6-3-9-26-20)22(28)21(15-4-2-8-25-14-15)27-10-12-29-13-11-27/h2-4,6-9,14,21-22,28H,10-13H2/t21-,22+/m0/s1. The summed E-state index contributed by atoms with van der Waals surface area (Å²) in [6, 6.07) is 14.6. The smallest absolute Gasteiger partial charge is 0.101 e. The van der Waals surface area contributed by atoms with E-state index in [-0.39, 0.29) is 6.04 Å². The summed E-state index contributed by atoms with van der Waals surface area (Å²) >= 11 is 12.6. The molecule has 5 nitrogen and oxygen atoms in total. The van der Waals surface area contributed by atoms with Crippen LogP contribution in [0.5, 0.6) is 0 Å². The van der Waals surface area contributed by atoms with Crippen LogP contribution in [0.15, 0.2) is 48.9 Å². The molecular weight excluding hydrogens is 409 g/mol. The van der Waals surface area contributed by atoms with Crippen LogP contribution in [0.3, 0.4) is 0 Å². The highest BCUT2D eigenvalue weighted by Gasteiger charge is 2.32. The molecule has 1 fully saturated rings. The third-order valence-electron chi connectivity index (χ3n) is 4.98. The van der Waals surface area contributed by atoms with Crippen molar-refractivity contribution in [2.45, 2.75) is 12.1 Å². The quantitative estimate of drug-likeness (QED) is 0.662. The molecule has 0 radical (unpaired) electrons. The summed E-state index contributed by atoms with van der Waals surface area (Å²) in [6.07, 6.45) is 4.29. The first-order valence-electron chi connectivity index (χ1n) is 9.29. The van der Waals surface area contributed by atoms with E-state index >= 15 is 0 Å². The Labute approximate surface area is 179 Å². The van der Waals surface area contributed by atoms with E-state index in [4.69, 9.17) is 27.9 Å². The van der Waals surface area contributed by atoms with Gasteiger partial charge in [-0.1, -0.05) is 47.5 Å². The number of hydrogen-bond donors (Lipinski definition) is 1. The van der Waals surface area contributed by atoms with Gasteiger partial charge in [-0.15, -0.1) is 0 Å². The topological polar surface area (TPSA) is 58.5 Å². The zero-order valence-electron chi connectivity index (χ0n) is 15.6. The molecule has 0 spiro atoms. The molecular formula is C22H19Cl2N3O2. The first-order valence-corrected chi connectivity index (χ1v) is 10.0. The number of hydrogen-bond acceptors (Lipinski definition) is 5. The highest BCUT2D eigenvalue weighted by Crippen LogP contribution is 2.40. The van der Waals surface area contributed by atoms with Crippen molar-refractivity contribution in [3.63, 3.8) is 0 Å². The second-order valence-corrected chi connectivity index (χ2v) is 7.50. The summed E-state index contributed by atoms with van der Waals surface area (Å²) in [5.74, 6) is 0. The molecule has 7 heteroatoms. The third kappa shape index (κ3) is 4.23. The molecule has 0 saturated carbocycles. The number of aliphatic hydroxyl groups is 1. The summed E-state index contributed by atoms with van der Waals surface area (Å²) in [6.45, 7) is 2.66. The Bertz CT molecular complexity index is 965. The molecule has 0 aliphatic carbocycles. The lowest BCUT2D eigenvalue weighted by Crippen LogP contribution is -2.41. The lowest BCUT2D eigenvalue weighted by Gasteiger charge is -2.37. The Morgan fingerprint density at radius 3 is 2.69 bits per heavy atom. The number of pyridine rings is 2. The molecule has 1 aliphatic heterocycles. The van der Waals surface area contributed by atoms with E-state index in [1.165, 1.54) is 0 Å². The number of rotatable bonds is 5. The summed E-state index contributed by atoms with van der Waals surface area (Å²) in [5, 5.41) is 12.2. The molecule has 148 valence electrons. The average molecular weight is 428 g/mol. The molecule has 29 heavy (non-hydrogen) atoms. The van der Waals surface area contributed by atoms with E-state index in [0.29, 0.717) is 53.2 Å². The highest BCUT2D eigenvalue weighted by atomic mass is 35.5. The number of morpholine rings is 1. The lowest BCUT2D eigenvalue weighted by molar-refractivity contribution is -0.0238. The zero-order valence-corrected chi connectivity index (χ0v) is 17.1. The third-order valence-corrected chi connectivity index (χ3v) is 5.77. The number of nitrogens with zero attached hydrogens (tertiary/aromatic N) is 3. The number of aromatic nitrogens is 2. The Kier molecular flexibility index (Phi) is 6.29. The summed E-state index contributed by atoms with van der Waals surface area (Å²) < 4.78 is 5.50. The van der Waals surface area contributed by atoms with Crippen LogP contribution in [0.4, 0.5) is 0 Å². The highest BCUT2D eigenvalue weighted by molar-refractivity contribution is 6.43. The van der Waals surface area contributed by atoms with Gasteiger partial charge < -0.3 is 9.84 Å². The van der Waals surface area contributed by atoms with Gasteiger partial charge in [0.05, 0.1) is 40.6 Å². The maximum atomic E-state index is 11.5. The van der Waals surface area contributed by atoms with E-state index in [9.17, 15) is 5.11 Å². The number of aliphatic hydroxyl groups excluding tert-OH is 1. The van der Waals surface area contributed by atoms with Gasteiger partial charge in [0, 0.05) is 43.3 Å². The Morgan fingerprint density at radius 2 is 1.93 bits per heavy atom. The largest absolute Gasteiger partial charge is 0.386 e. The van der Waals surface area contributed by atoms with Gasteiger partial charge in [-0.3, -0.25) is 14.9 Å². The number of ether oxygens (including phenoxy) is 1. The van der Waals surface area contributed by atoms with Gasteiger partial charge in [-0.2, -0.15) is 0 Å². The van der Waals surface area contributed by atoms with Crippen LogP contribution < -0.4 is 0 Å². The molecule has 1 aliphatic rings. The van der Waals surface area contributed by atoms with Gasteiger partial charge in [0.2, 0.25) is 0 Å². The van der Waals surface area contributed by atoms with Crippen molar-refractivity contribution in [1.29, 1.82) is 0 Å². The Hall–Kier alpha value is -2.20. The second kappa shape index (κ2) is 9.08. The SMILES string of the molecule is O[C@H](c1cccnc1-c1c#ccc(Cl)c1Cl)[C@H](c1cccnc1)N1CCOCC1. The van der Waals surface area contributed by atoms with Crippen molar-refractivity contribution in [2.24, 2.45) is 0 Å². The van der Waals surface area contributed by atoms with Gasteiger partial charge in [0.15, 0.2) is 0 Å². The van der Waals surface area contributed by atoms with Crippen LogP contribution in [-0.2, 0) is 4.74 Å². The minimum atomic E-state index is -0.871. The first kappa shape index (κ1) is 20.1. The predicted molar refractivity (Wildman–Crippen MR) is 112 cm³/mol. The minimum Gasteiger partial charge on any atom is -0.386 e. The first-order chi connectivity index (χ1) is 14.2. The Morgan fingerprint density at radius 1 is 1.14 bits per heavy atom. The van der Waals surface area contributed by atoms with E-state index in [0.717, 1.165) is 5.56 Å². The van der Waals surface area contributed by atoms with Crippen LogP contribution in [-0.4, -0.2) is 46.3 Å². The molecule has 0 unspecified atom stereocenters. The van der Waals surface area contributed by atoms with Crippen LogP contribution in [0, 0.1) is 12.1 Å². The fraction of sp³-hybridized carbons (Fsp3) is 0.273. The molecule has 1 N–H and O–H groups in total. The fourth-order valence-electron chi connectivity index (χ4n) is 3.61. The van der Waals surface area contributed by atoms with Gasteiger partial charge in [-0.25, -0.2) is 0 Å². The fourth-order valence-corrected chi connectivity index (χ4v) is 3.95. The van der Waals surface area contributed by atoms with Crippen molar-refractivity contribution in [3.8, 4) is 11.3 Å². The summed E-state index contributed by atoms with van der Waals surface area (Å²) in [5.41, 5.74) is 2.61. The van der Waals surface area contributed by atoms with E-state index < -0.39 is 6.10 Å². The second-order valence-electron chi connectivity index (χ2n) is 6.72. The monoisotopic (exact) mass is 427 g/mol. The summed E-state index contributed by atoms with van der Waals surface area (Å²) in [4.78, 5) is 10.9. The molecule has 3 heterocycles. The maximum absolute atomic E-state index is 11.5. The predicted octanol–water partition coefficient (Wildman–Crippen LogP) is 4.16. The van der Waals surface area contributed by atoms with Crippen molar-refractivity contribution in [3.05, 3.63) is 82.2 Å². The van der Waals surface area contributed by atoms with Crippen molar-refractivity contribution in [2.75, 3.05) is 26.3 Å². The van der Waals surface area contributed by atoms with Crippen LogP contribution >= 0.6 is 23.2 Å². The van der Waals surface area contributed by atoms with Crippen LogP contribution in [0.25, 0.3) is 11.3 Å². The van der Waals surface area contributed by atoms with Gasteiger partial charge in [0.25, 0.3) is 0 Å². The molecule has 2 atom stereocenters. The molecule has 2 aromatic heterocycles. The molecule has 1 saturated heterocycles. The molecule has 3 aromatic rings. The molecule has 4 rings (SSSR count). The molecule has 0 amide bonds. The van der Waals surface area contributed by atoms with Crippen molar-refractivity contribution >= 4 is 23.2 Å².